The molecule has 0 spiro atoms. The molecule has 3 N–H and O–H groups in total. The Morgan fingerprint density at radius 1 is 1.12 bits per heavy atom. The molecule has 26 heavy (non-hydrogen) atoms. The molecule has 0 fully saturated rings. The molecule has 0 saturated carbocycles. The third kappa shape index (κ3) is 4.00. The minimum absolute atomic E-state index is 0.00635. The van der Waals surface area contributed by atoms with E-state index in [4.69, 9.17) is 10.5 Å². The van der Waals surface area contributed by atoms with Gasteiger partial charge in [0, 0.05) is 0 Å². The van der Waals surface area contributed by atoms with E-state index in [1.165, 1.54) is 25.3 Å². The third-order valence-corrected chi connectivity index (χ3v) is 3.70. The molecule has 0 bridgehead atoms. The van der Waals surface area contributed by atoms with Gasteiger partial charge in [-0.2, -0.15) is 0 Å². The number of primary amides is 1. The Morgan fingerprint density at radius 2 is 1.85 bits per heavy atom. The molecular weight excluding hydrogens is 336 g/mol. The van der Waals surface area contributed by atoms with Gasteiger partial charge >= 0.3 is 5.97 Å². The van der Waals surface area contributed by atoms with Crippen LogP contribution in [-0.2, 0) is 4.74 Å². The van der Waals surface area contributed by atoms with Gasteiger partial charge in [0.1, 0.15) is 5.75 Å². The van der Waals surface area contributed by atoms with Crippen molar-refractivity contribution in [1.29, 1.82) is 0 Å². The van der Waals surface area contributed by atoms with Crippen molar-refractivity contribution in [3.05, 3.63) is 58.7 Å². The molecule has 0 aliphatic heterocycles. The lowest BCUT2D eigenvalue weighted by atomic mass is 10.1. The number of aryl methyl sites for hydroxylation is 1. The minimum Gasteiger partial charge on any atom is -0.493 e. The molecule has 0 unspecified atom stereocenters. The third-order valence-electron chi connectivity index (χ3n) is 3.70. The van der Waals surface area contributed by atoms with Crippen LogP contribution in [0.3, 0.4) is 0 Å². The number of methoxy groups -OCH3 is 1. The molecule has 136 valence electrons. The molecule has 0 aromatic heterocycles. The summed E-state index contributed by atoms with van der Waals surface area (Å²) in [7, 11) is 1.23. The van der Waals surface area contributed by atoms with Crippen molar-refractivity contribution < 1.29 is 23.9 Å². The molecule has 0 atom stereocenters. The molecule has 0 saturated heterocycles. The zero-order valence-electron chi connectivity index (χ0n) is 14.8. The summed E-state index contributed by atoms with van der Waals surface area (Å²) in [6.07, 6.45) is 0. The first-order chi connectivity index (χ1) is 12.4. The largest absolute Gasteiger partial charge is 0.493 e. The average molecular weight is 356 g/mol. The number of hydrogen-bond acceptors (Lipinski definition) is 5. The van der Waals surface area contributed by atoms with Crippen LogP contribution in [0.5, 0.6) is 5.75 Å². The van der Waals surface area contributed by atoms with Crippen LogP contribution in [0.25, 0.3) is 0 Å². The fourth-order valence-electron chi connectivity index (χ4n) is 2.46. The summed E-state index contributed by atoms with van der Waals surface area (Å²) in [5, 5.41) is 2.65. The Hall–Kier alpha value is -3.35. The maximum atomic E-state index is 12.7. The Bertz CT molecular complexity index is 861. The number of esters is 1. The highest BCUT2D eigenvalue weighted by Gasteiger charge is 2.19. The van der Waals surface area contributed by atoms with E-state index in [2.05, 4.69) is 10.1 Å². The number of nitrogens with two attached hydrogens (primary N) is 1. The second kappa shape index (κ2) is 8.15. The second-order valence-electron chi connectivity index (χ2n) is 5.45. The van der Waals surface area contributed by atoms with Gasteiger partial charge in [0.05, 0.1) is 36.1 Å². The minimum atomic E-state index is -0.777. The smallest absolute Gasteiger partial charge is 0.337 e. The van der Waals surface area contributed by atoms with Crippen molar-refractivity contribution in [2.45, 2.75) is 13.8 Å². The number of ether oxygens (including phenoxy) is 2. The Balaban J connectivity index is 2.39. The van der Waals surface area contributed by atoms with Gasteiger partial charge in [0.15, 0.2) is 0 Å². The Morgan fingerprint density at radius 3 is 2.46 bits per heavy atom. The fraction of sp³-hybridized carbons (Fsp3) is 0.211. The number of rotatable bonds is 6. The van der Waals surface area contributed by atoms with Crippen LogP contribution in [0.4, 0.5) is 5.69 Å². The number of para-hydroxylation sites is 1. The fourth-order valence-corrected chi connectivity index (χ4v) is 2.46. The Labute approximate surface area is 151 Å². The van der Waals surface area contributed by atoms with Gasteiger partial charge in [-0.25, -0.2) is 4.79 Å². The highest BCUT2D eigenvalue weighted by Crippen LogP contribution is 2.25. The van der Waals surface area contributed by atoms with Crippen LogP contribution in [0, 0.1) is 6.92 Å². The molecule has 7 heteroatoms. The van der Waals surface area contributed by atoms with Gasteiger partial charge in [-0.05, 0) is 43.7 Å². The van der Waals surface area contributed by atoms with Gasteiger partial charge in [-0.1, -0.05) is 12.1 Å². The maximum absolute atomic E-state index is 12.7. The van der Waals surface area contributed by atoms with Gasteiger partial charge < -0.3 is 20.5 Å². The highest BCUT2D eigenvalue weighted by atomic mass is 16.5. The van der Waals surface area contributed by atoms with E-state index in [1.807, 2.05) is 19.9 Å². The predicted octanol–water partition coefficient (Wildman–Crippen LogP) is 2.53. The Kier molecular flexibility index (Phi) is 5.95. The zero-order valence-corrected chi connectivity index (χ0v) is 14.8. The highest BCUT2D eigenvalue weighted by molar-refractivity contribution is 6.10. The number of anilines is 1. The number of nitrogens with one attached hydrogen (secondary N) is 1. The van der Waals surface area contributed by atoms with Crippen molar-refractivity contribution in [3.8, 4) is 5.75 Å². The van der Waals surface area contributed by atoms with Crippen molar-refractivity contribution in [2.24, 2.45) is 5.73 Å². The van der Waals surface area contributed by atoms with Crippen LogP contribution in [0.15, 0.2) is 36.4 Å². The number of benzene rings is 2. The summed E-state index contributed by atoms with van der Waals surface area (Å²) < 4.78 is 10.2. The van der Waals surface area contributed by atoms with Crippen molar-refractivity contribution >= 4 is 23.5 Å². The lowest BCUT2D eigenvalue weighted by Gasteiger charge is -2.14. The molecule has 2 amide bonds. The van der Waals surface area contributed by atoms with Gasteiger partial charge in [-0.3, -0.25) is 9.59 Å². The first kappa shape index (κ1) is 19.0. The molecule has 2 aromatic rings. The number of amides is 2. The molecule has 0 aliphatic carbocycles. The quantitative estimate of drug-likeness (QED) is 0.773. The van der Waals surface area contributed by atoms with Crippen LogP contribution < -0.4 is 15.8 Å². The van der Waals surface area contributed by atoms with Gasteiger partial charge in [-0.15, -0.1) is 0 Å². The molecule has 7 nitrogen and oxygen atoms in total. The van der Waals surface area contributed by atoms with E-state index in [0.29, 0.717) is 17.9 Å². The van der Waals surface area contributed by atoms with Crippen LogP contribution >= 0.6 is 0 Å². The number of hydrogen-bond donors (Lipinski definition) is 2. The van der Waals surface area contributed by atoms with E-state index in [-0.39, 0.29) is 16.8 Å². The topological polar surface area (TPSA) is 108 Å². The lowest BCUT2D eigenvalue weighted by Crippen LogP contribution is -2.20. The zero-order chi connectivity index (χ0) is 19.3. The summed E-state index contributed by atoms with van der Waals surface area (Å²) in [6, 6.07) is 9.35. The molecule has 2 aromatic carbocycles. The summed E-state index contributed by atoms with van der Waals surface area (Å²) in [5.74, 6) is -1.37. The number of carbonyl (C=O) groups excluding carboxylic acids is 3. The summed E-state index contributed by atoms with van der Waals surface area (Å²) in [4.78, 5) is 36.0. The number of carbonyl (C=O) groups is 3. The summed E-state index contributed by atoms with van der Waals surface area (Å²) in [5.41, 5.74) is 6.88. The van der Waals surface area contributed by atoms with E-state index in [0.717, 1.165) is 5.56 Å². The monoisotopic (exact) mass is 356 g/mol. The lowest BCUT2D eigenvalue weighted by molar-refractivity contribution is 0.0600. The molecule has 0 aliphatic rings. The summed E-state index contributed by atoms with van der Waals surface area (Å²) in [6.45, 7) is 4.07. The first-order valence-electron chi connectivity index (χ1n) is 7.95. The second-order valence-corrected chi connectivity index (χ2v) is 5.45. The van der Waals surface area contributed by atoms with Crippen molar-refractivity contribution in [1.82, 2.24) is 0 Å². The molecular formula is C19H20N2O5. The van der Waals surface area contributed by atoms with Crippen molar-refractivity contribution in [3.63, 3.8) is 0 Å². The molecule has 0 heterocycles. The van der Waals surface area contributed by atoms with E-state index in [9.17, 15) is 14.4 Å². The average Bonchev–Trinajstić information content (AvgIpc) is 2.62. The maximum Gasteiger partial charge on any atom is 0.337 e. The normalized spacial score (nSPS) is 10.1. The van der Waals surface area contributed by atoms with Crippen LogP contribution in [0.2, 0.25) is 0 Å². The van der Waals surface area contributed by atoms with E-state index in [1.54, 1.807) is 12.1 Å². The van der Waals surface area contributed by atoms with E-state index < -0.39 is 17.8 Å². The summed E-state index contributed by atoms with van der Waals surface area (Å²) >= 11 is 0. The molecule has 2 rings (SSSR count). The van der Waals surface area contributed by atoms with Crippen LogP contribution in [-0.4, -0.2) is 31.5 Å². The van der Waals surface area contributed by atoms with Gasteiger partial charge in [0.2, 0.25) is 0 Å². The van der Waals surface area contributed by atoms with Crippen LogP contribution in [0.1, 0.15) is 43.6 Å². The van der Waals surface area contributed by atoms with Gasteiger partial charge in [0.25, 0.3) is 11.8 Å². The van der Waals surface area contributed by atoms with E-state index >= 15 is 0 Å². The predicted molar refractivity (Wildman–Crippen MR) is 96.6 cm³/mol. The van der Waals surface area contributed by atoms with Crippen molar-refractivity contribution in [2.75, 3.05) is 19.0 Å². The SMILES string of the molecule is CCOc1c(C)cccc1C(=O)Nc1ccc(C(=O)OC)cc1C(N)=O. The standard InChI is InChI=1S/C19H20N2O5/c1-4-26-16-11(2)6-5-7-13(16)18(23)21-15-9-8-12(19(24)25-3)10-14(15)17(20)22/h5-10H,4H2,1-3H3,(H2,20,22)(H,21,23). The first-order valence-corrected chi connectivity index (χ1v) is 7.95. The molecule has 0 radical (unpaired) electrons.